The Hall–Kier alpha value is -1.26. The van der Waals surface area contributed by atoms with Crippen LogP contribution in [0.4, 0.5) is 0 Å². The molecular formula is C12H17Cl2N3O. The number of hydrogen-bond donors (Lipinski definition) is 2. The van der Waals surface area contributed by atoms with Crippen molar-refractivity contribution in [3.63, 3.8) is 0 Å². The van der Waals surface area contributed by atoms with Crippen molar-refractivity contribution in [1.29, 1.82) is 0 Å². The number of halogens is 2. The number of nitrogens with two attached hydrogens (primary N) is 1. The SMILES string of the molecule is CC1CC(O)=C(c2cc[n+](C)cc2)C(N)=N1.Cl.[Cl-]. The summed E-state index contributed by atoms with van der Waals surface area (Å²) < 4.78 is 1.93. The van der Waals surface area contributed by atoms with Crippen molar-refractivity contribution in [3.8, 4) is 0 Å². The van der Waals surface area contributed by atoms with Crippen molar-refractivity contribution in [3.05, 3.63) is 35.8 Å². The molecule has 3 N–H and O–H groups in total. The number of nitrogens with zero attached hydrogens (tertiary/aromatic N) is 2. The molecular weight excluding hydrogens is 273 g/mol. The predicted molar refractivity (Wildman–Crippen MR) is 70.1 cm³/mol. The van der Waals surface area contributed by atoms with Gasteiger partial charge < -0.3 is 23.2 Å². The molecule has 0 saturated carbocycles. The van der Waals surface area contributed by atoms with E-state index >= 15 is 0 Å². The fourth-order valence-electron chi connectivity index (χ4n) is 1.86. The van der Waals surface area contributed by atoms with Crippen LogP contribution in [0.1, 0.15) is 18.9 Å². The van der Waals surface area contributed by atoms with Gasteiger partial charge in [0, 0.05) is 24.1 Å². The molecule has 1 aromatic rings. The Morgan fingerprint density at radius 2 is 1.94 bits per heavy atom. The minimum Gasteiger partial charge on any atom is -1.00 e. The molecule has 0 fully saturated rings. The smallest absolute Gasteiger partial charge is 0.169 e. The van der Waals surface area contributed by atoms with Crippen LogP contribution in [0.5, 0.6) is 0 Å². The lowest BCUT2D eigenvalue weighted by Crippen LogP contribution is -3.00. The molecule has 2 heterocycles. The van der Waals surface area contributed by atoms with E-state index in [1.54, 1.807) is 0 Å². The van der Waals surface area contributed by atoms with Crippen LogP contribution in [-0.4, -0.2) is 17.0 Å². The number of aliphatic hydroxyl groups is 1. The van der Waals surface area contributed by atoms with Gasteiger partial charge in [-0.15, -0.1) is 12.4 Å². The Balaban J connectivity index is 0.00000144. The van der Waals surface area contributed by atoms with Crippen molar-refractivity contribution >= 4 is 23.8 Å². The molecule has 1 aromatic heterocycles. The zero-order valence-corrected chi connectivity index (χ0v) is 11.9. The first-order chi connectivity index (χ1) is 7.58. The van der Waals surface area contributed by atoms with Crippen LogP contribution in [-0.2, 0) is 7.05 Å². The van der Waals surface area contributed by atoms with Gasteiger partial charge in [-0.25, -0.2) is 4.57 Å². The van der Waals surface area contributed by atoms with Gasteiger partial charge in [0.25, 0.3) is 0 Å². The fourth-order valence-corrected chi connectivity index (χ4v) is 1.86. The number of dihydropyridines is 1. The Morgan fingerprint density at radius 1 is 1.39 bits per heavy atom. The van der Waals surface area contributed by atoms with Crippen molar-refractivity contribution < 1.29 is 22.1 Å². The van der Waals surface area contributed by atoms with Crippen molar-refractivity contribution in [2.75, 3.05) is 0 Å². The van der Waals surface area contributed by atoms with Gasteiger partial charge in [0.1, 0.15) is 18.6 Å². The van der Waals surface area contributed by atoms with E-state index in [1.807, 2.05) is 43.1 Å². The van der Waals surface area contributed by atoms with Crippen LogP contribution in [0.15, 0.2) is 35.3 Å². The largest absolute Gasteiger partial charge is 1.00 e. The molecule has 1 aliphatic heterocycles. The molecule has 0 bridgehead atoms. The van der Waals surface area contributed by atoms with Crippen LogP contribution in [0.2, 0.25) is 0 Å². The molecule has 0 saturated heterocycles. The molecule has 1 atom stereocenters. The third kappa shape index (κ3) is 3.37. The Morgan fingerprint density at radius 3 is 2.44 bits per heavy atom. The highest BCUT2D eigenvalue weighted by atomic mass is 35.5. The lowest BCUT2D eigenvalue weighted by Gasteiger charge is -2.18. The normalized spacial score (nSPS) is 18.6. The quantitative estimate of drug-likeness (QED) is 0.609. The first-order valence-corrected chi connectivity index (χ1v) is 5.29. The van der Waals surface area contributed by atoms with Crippen LogP contribution < -0.4 is 22.7 Å². The van der Waals surface area contributed by atoms with Gasteiger partial charge in [-0.05, 0) is 6.92 Å². The first kappa shape index (κ1) is 16.7. The summed E-state index contributed by atoms with van der Waals surface area (Å²) in [6.45, 7) is 1.94. The first-order valence-electron chi connectivity index (χ1n) is 5.29. The van der Waals surface area contributed by atoms with E-state index in [0.717, 1.165) is 5.56 Å². The number of aliphatic imine (C=N–C) groups is 1. The van der Waals surface area contributed by atoms with Gasteiger partial charge >= 0.3 is 0 Å². The van der Waals surface area contributed by atoms with Crippen LogP contribution in [0.3, 0.4) is 0 Å². The summed E-state index contributed by atoms with van der Waals surface area (Å²) >= 11 is 0. The van der Waals surface area contributed by atoms with Crippen LogP contribution in [0, 0.1) is 0 Å². The molecule has 2 rings (SSSR count). The molecule has 0 aliphatic carbocycles. The lowest BCUT2D eigenvalue weighted by molar-refractivity contribution is -0.671. The Bertz CT molecular complexity index is 469. The van der Waals surface area contributed by atoms with Crippen molar-refractivity contribution in [2.24, 2.45) is 17.8 Å². The minimum absolute atomic E-state index is 0. The standard InChI is InChI=1S/C12H15N3O.2ClH/c1-8-7-10(16)11(12(13)14-8)9-3-5-15(2)6-4-9;;/h3-6,8H,7H2,1-2H3,(H2,13,14);2*1H. The van der Waals surface area contributed by atoms with Crippen molar-refractivity contribution in [2.45, 2.75) is 19.4 Å². The van der Waals surface area contributed by atoms with Crippen LogP contribution in [0.25, 0.3) is 5.57 Å². The van der Waals surface area contributed by atoms with E-state index in [2.05, 4.69) is 4.99 Å². The average Bonchev–Trinajstić information content (AvgIpc) is 2.19. The summed E-state index contributed by atoms with van der Waals surface area (Å²) in [4.78, 5) is 4.28. The van der Waals surface area contributed by atoms with E-state index < -0.39 is 0 Å². The fraction of sp³-hybridized carbons (Fsp3) is 0.333. The third-order valence-electron chi connectivity index (χ3n) is 2.66. The molecule has 100 valence electrons. The number of hydrogen-bond acceptors (Lipinski definition) is 3. The molecule has 18 heavy (non-hydrogen) atoms. The van der Waals surface area contributed by atoms with E-state index in [4.69, 9.17) is 5.73 Å². The lowest BCUT2D eigenvalue weighted by atomic mass is 9.99. The topological polar surface area (TPSA) is 62.5 Å². The average molecular weight is 290 g/mol. The number of aryl methyl sites for hydroxylation is 1. The highest BCUT2D eigenvalue weighted by Crippen LogP contribution is 2.24. The van der Waals surface area contributed by atoms with Crippen molar-refractivity contribution in [1.82, 2.24) is 0 Å². The molecule has 1 aliphatic rings. The van der Waals surface area contributed by atoms with Crippen LogP contribution >= 0.6 is 12.4 Å². The van der Waals surface area contributed by atoms with E-state index in [-0.39, 0.29) is 30.9 Å². The monoisotopic (exact) mass is 289 g/mol. The summed E-state index contributed by atoms with van der Waals surface area (Å²) in [5.41, 5.74) is 7.43. The molecule has 0 radical (unpaired) electrons. The second kappa shape index (κ2) is 6.61. The molecule has 0 aromatic carbocycles. The highest BCUT2D eigenvalue weighted by Gasteiger charge is 2.20. The second-order valence-corrected chi connectivity index (χ2v) is 4.14. The predicted octanol–water partition coefficient (Wildman–Crippen LogP) is -1.64. The van der Waals surface area contributed by atoms with Gasteiger partial charge in [-0.3, -0.25) is 4.99 Å². The zero-order valence-electron chi connectivity index (χ0n) is 10.3. The molecule has 0 amide bonds. The van der Waals surface area contributed by atoms with Gasteiger partial charge in [0.15, 0.2) is 12.4 Å². The van der Waals surface area contributed by atoms with E-state index in [1.165, 1.54) is 0 Å². The molecule has 1 unspecified atom stereocenters. The summed E-state index contributed by atoms with van der Waals surface area (Å²) in [5, 5.41) is 9.94. The van der Waals surface area contributed by atoms with E-state index in [0.29, 0.717) is 23.6 Å². The van der Waals surface area contributed by atoms with Gasteiger partial charge in [-0.1, -0.05) is 0 Å². The van der Waals surface area contributed by atoms with Gasteiger partial charge in [-0.2, -0.15) is 0 Å². The van der Waals surface area contributed by atoms with E-state index in [9.17, 15) is 5.11 Å². The maximum atomic E-state index is 9.94. The number of rotatable bonds is 1. The number of aromatic nitrogens is 1. The Kier molecular flexibility index (Phi) is 6.15. The molecule has 6 heteroatoms. The van der Waals surface area contributed by atoms with Gasteiger partial charge in [0.2, 0.25) is 0 Å². The maximum Gasteiger partial charge on any atom is 0.169 e. The summed E-state index contributed by atoms with van der Waals surface area (Å²) in [5.74, 6) is 0.749. The second-order valence-electron chi connectivity index (χ2n) is 4.14. The summed E-state index contributed by atoms with van der Waals surface area (Å²) in [7, 11) is 1.94. The number of pyridine rings is 1. The third-order valence-corrected chi connectivity index (χ3v) is 2.66. The minimum atomic E-state index is 0. The highest BCUT2D eigenvalue weighted by molar-refractivity contribution is 6.22. The maximum absolute atomic E-state index is 9.94. The van der Waals surface area contributed by atoms with Gasteiger partial charge in [0.05, 0.1) is 11.6 Å². The zero-order chi connectivity index (χ0) is 11.7. The number of aliphatic hydroxyl groups excluding tert-OH is 1. The number of amidine groups is 1. The summed E-state index contributed by atoms with van der Waals surface area (Å²) in [6, 6.07) is 3.90. The summed E-state index contributed by atoms with van der Waals surface area (Å²) in [6.07, 6.45) is 4.39. The Labute approximate surface area is 119 Å². The molecule has 0 spiro atoms. The molecule has 4 nitrogen and oxygen atoms in total.